The number of amides is 2. The Morgan fingerprint density at radius 2 is 1.97 bits per heavy atom. The van der Waals surface area contributed by atoms with Crippen LogP contribution < -0.4 is 15.0 Å². The summed E-state index contributed by atoms with van der Waals surface area (Å²) >= 11 is 0. The van der Waals surface area contributed by atoms with E-state index in [1.54, 1.807) is 31.2 Å². The van der Waals surface area contributed by atoms with Gasteiger partial charge in [-0.15, -0.1) is 0 Å². The molecule has 2 heterocycles. The van der Waals surface area contributed by atoms with E-state index < -0.39 is 36.2 Å². The monoisotopic (exact) mass is 431 g/mol. The van der Waals surface area contributed by atoms with Gasteiger partial charge in [0.1, 0.15) is 24.9 Å². The minimum atomic E-state index is -4.60. The molecule has 0 aliphatic carbocycles. The fourth-order valence-electron chi connectivity index (χ4n) is 3.20. The van der Waals surface area contributed by atoms with Gasteiger partial charge in [-0.3, -0.25) is 14.5 Å². The average molecular weight is 431 g/mol. The van der Waals surface area contributed by atoms with Crippen molar-refractivity contribution in [3.63, 3.8) is 0 Å². The standard InChI is InChI=1S/C20H16F3N5O3/c1-12-19(30)27(16-4-2-3-5-17(16)31-12)9-18(29)26-14-8-13(20(21,22)23)6-7-15(14)28-11-24-10-25-28/h2-8,10-12H,9H2,1H3,(H,26,29). The van der Waals surface area contributed by atoms with Crippen LogP contribution in [0, 0.1) is 0 Å². The first-order chi connectivity index (χ1) is 14.7. The van der Waals surface area contributed by atoms with Gasteiger partial charge in [-0.2, -0.15) is 18.3 Å². The SMILES string of the molecule is CC1Oc2ccccc2N(CC(=O)Nc2cc(C(F)(F)F)ccc2-n2cncn2)C1=O. The molecule has 0 bridgehead atoms. The predicted octanol–water partition coefficient (Wildman–Crippen LogP) is 3.04. The second-order valence-electron chi connectivity index (χ2n) is 6.77. The Balaban J connectivity index is 1.63. The number of alkyl halides is 3. The van der Waals surface area contributed by atoms with Crippen molar-refractivity contribution in [2.24, 2.45) is 0 Å². The topological polar surface area (TPSA) is 89.3 Å². The third-order valence-electron chi connectivity index (χ3n) is 4.64. The number of aromatic nitrogens is 3. The van der Waals surface area contributed by atoms with Crippen molar-refractivity contribution in [1.29, 1.82) is 0 Å². The number of anilines is 2. The van der Waals surface area contributed by atoms with Crippen LogP contribution in [0.25, 0.3) is 5.69 Å². The number of benzene rings is 2. The van der Waals surface area contributed by atoms with E-state index in [0.29, 0.717) is 11.4 Å². The van der Waals surface area contributed by atoms with Gasteiger partial charge in [0.05, 0.1) is 22.6 Å². The van der Waals surface area contributed by atoms with Crippen molar-refractivity contribution in [2.45, 2.75) is 19.2 Å². The summed E-state index contributed by atoms with van der Waals surface area (Å²) in [6, 6.07) is 9.59. The molecule has 1 aromatic heterocycles. The summed E-state index contributed by atoms with van der Waals surface area (Å²) in [4.78, 5) is 30.3. The van der Waals surface area contributed by atoms with Crippen LogP contribution in [0.1, 0.15) is 12.5 Å². The molecule has 1 aliphatic heterocycles. The highest BCUT2D eigenvalue weighted by Gasteiger charge is 2.34. The average Bonchev–Trinajstić information content (AvgIpc) is 3.25. The Morgan fingerprint density at radius 1 is 1.19 bits per heavy atom. The molecule has 31 heavy (non-hydrogen) atoms. The third-order valence-corrected chi connectivity index (χ3v) is 4.64. The first-order valence-corrected chi connectivity index (χ1v) is 9.17. The summed E-state index contributed by atoms with van der Waals surface area (Å²) < 4.78 is 46.4. The number of para-hydroxylation sites is 2. The molecule has 0 radical (unpaired) electrons. The van der Waals surface area contributed by atoms with Crippen molar-refractivity contribution < 1.29 is 27.5 Å². The van der Waals surface area contributed by atoms with Gasteiger partial charge in [-0.05, 0) is 37.3 Å². The summed E-state index contributed by atoms with van der Waals surface area (Å²) in [6.07, 6.45) is -2.90. The molecule has 0 spiro atoms. The van der Waals surface area contributed by atoms with Crippen LogP contribution in [0.5, 0.6) is 5.75 Å². The molecular formula is C20H16F3N5O3. The summed E-state index contributed by atoms with van der Waals surface area (Å²) in [5.41, 5.74) is -0.456. The number of nitrogens with one attached hydrogen (secondary N) is 1. The minimum Gasteiger partial charge on any atom is -0.479 e. The largest absolute Gasteiger partial charge is 0.479 e. The molecule has 2 aromatic carbocycles. The van der Waals surface area contributed by atoms with Gasteiger partial charge >= 0.3 is 6.18 Å². The number of carbonyl (C=O) groups excluding carboxylic acids is 2. The van der Waals surface area contributed by atoms with E-state index in [-0.39, 0.29) is 11.4 Å². The third kappa shape index (κ3) is 4.06. The first kappa shape index (κ1) is 20.4. The van der Waals surface area contributed by atoms with Gasteiger partial charge in [0.2, 0.25) is 5.91 Å². The second kappa shape index (κ2) is 7.74. The van der Waals surface area contributed by atoms with Crippen molar-refractivity contribution in [3.05, 3.63) is 60.7 Å². The lowest BCUT2D eigenvalue weighted by Crippen LogP contribution is -2.47. The molecule has 1 atom stereocenters. The number of halogens is 3. The molecule has 4 rings (SSSR count). The van der Waals surface area contributed by atoms with E-state index in [4.69, 9.17) is 4.74 Å². The van der Waals surface area contributed by atoms with Crippen LogP contribution in [0.3, 0.4) is 0 Å². The maximum absolute atomic E-state index is 13.2. The summed E-state index contributed by atoms with van der Waals surface area (Å²) in [7, 11) is 0. The number of rotatable bonds is 4. The van der Waals surface area contributed by atoms with Gasteiger partial charge in [0.15, 0.2) is 6.10 Å². The van der Waals surface area contributed by atoms with Crippen LogP contribution in [0.2, 0.25) is 0 Å². The first-order valence-electron chi connectivity index (χ1n) is 9.17. The highest BCUT2D eigenvalue weighted by Crippen LogP contribution is 2.35. The molecule has 8 nitrogen and oxygen atoms in total. The Kier molecular flexibility index (Phi) is 5.09. The van der Waals surface area contributed by atoms with Gasteiger partial charge in [0.25, 0.3) is 5.91 Å². The highest BCUT2D eigenvalue weighted by molar-refractivity contribution is 6.06. The van der Waals surface area contributed by atoms with Gasteiger partial charge in [0, 0.05) is 0 Å². The van der Waals surface area contributed by atoms with Gasteiger partial charge < -0.3 is 10.1 Å². The Hall–Kier alpha value is -3.89. The van der Waals surface area contributed by atoms with Crippen molar-refractivity contribution in [1.82, 2.24) is 14.8 Å². The van der Waals surface area contributed by atoms with Crippen LogP contribution in [0.15, 0.2) is 55.1 Å². The zero-order chi connectivity index (χ0) is 22.2. The van der Waals surface area contributed by atoms with E-state index in [1.807, 2.05) is 0 Å². The molecule has 11 heteroatoms. The molecule has 0 fully saturated rings. The second-order valence-corrected chi connectivity index (χ2v) is 6.77. The van der Waals surface area contributed by atoms with Crippen LogP contribution in [-0.4, -0.2) is 39.2 Å². The lowest BCUT2D eigenvalue weighted by molar-refractivity contribution is -0.137. The number of nitrogens with zero attached hydrogens (tertiary/aromatic N) is 4. The Labute approximate surface area is 174 Å². The number of carbonyl (C=O) groups is 2. The summed E-state index contributed by atoms with van der Waals surface area (Å²) in [6.45, 7) is 1.15. The molecule has 2 amide bonds. The number of hydrogen-bond acceptors (Lipinski definition) is 5. The molecule has 1 aliphatic rings. The predicted molar refractivity (Wildman–Crippen MR) is 104 cm³/mol. The fraction of sp³-hybridized carbons (Fsp3) is 0.200. The fourth-order valence-corrected chi connectivity index (χ4v) is 3.20. The van der Waals surface area contributed by atoms with Crippen LogP contribution >= 0.6 is 0 Å². The zero-order valence-corrected chi connectivity index (χ0v) is 16.1. The quantitative estimate of drug-likeness (QED) is 0.686. The van der Waals surface area contributed by atoms with Gasteiger partial charge in [-0.25, -0.2) is 9.67 Å². The van der Waals surface area contributed by atoms with E-state index in [2.05, 4.69) is 15.4 Å². The maximum atomic E-state index is 13.2. The lowest BCUT2D eigenvalue weighted by Gasteiger charge is -2.32. The summed E-state index contributed by atoms with van der Waals surface area (Å²) in [5, 5.41) is 6.37. The van der Waals surface area contributed by atoms with Crippen LogP contribution in [0.4, 0.5) is 24.5 Å². The summed E-state index contributed by atoms with van der Waals surface area (Å²) in [5.74, 6) is -0.683. The molecule has 0 saturated carbocycles. The van der Waals surface area contributed by atoms with E-state index in [1.165, 1.54) is 28.3 Å². The van der Waals surface area contributed by atoms with Crippen molar-refractivity contribution in [3.8, 4) is 11.4 Å². The molecule has 1 unspecified atom stereocenters. The molecule has 1 N–H and O–H groups in total. The maximum Gasteiger partial charge on any atom is 0.416 e. The van der Waals surface area contributed by atoms with Crippen LogP contribution in [-0.2, 0) is 15.8 Å². The lowest BCUT2D eigenvalue weighted by atomic mass is 10.1. The van der Waals surface area contributed by atoms with E-state index >= 15 is 0 Å². The number of hydrogen-bond donors (Lipinski definition) is 1. The molecule has 0 saturated heterocycles. The zero-order valence-electron chi connectivity index (χ0n) is 16.1. The van der Waals surface area contributed by atoms with E-state index in [0.717, 1.165) is 12.1 Å². The van der Waals surface area contributed by atoms with Gasteiger partial charge in [-0.1, -0.05) is 12.1 Å². The minimum absolute atomic E-state index is 0.118. The smallest absolute Gasteiger partial charge is 0.416 e. The molecular weight excluding hydrogens is 415 g/mol. The Bertz CT molecular complexity index is 1130. The number of fused-ring (bicyclic) bond motifs is 1. The van der Waals surface area contributed by atoms with Crippen molar-refractivity contribution in [2.75, 3.05) is 16.8 Å². The molecule has 3 aromatic rings. The molecule has 160 valence electrons. The van der Waals surface area contributed by atoms with E-state index in [9.17, 15) is 22.8 Å². The highest BCUT2D eigenvalue weighted by atomic mass is 19.4. The number of ether oxygens (including phenoxy) is 1. The Morgan fingerprint density at radius 3 is 2.68 bits per heavy atom. The van der Waals surface area contributed by atoms with Crippen molar-refractivity contribution >= 4 is 23.2 Å². The normalized spacial score (nSPS) is 15.9.